The number of carbonyl (C=O) groups is 1. The van der Waals surface area contributed by atoms with Crippen LogP contribution in [0, 0.1) is 0 Å². The molecule has 0 saturated carbocycles. The number of anilines is 1. The minimum absolute atomic E-state index is 0.155. The van der Waals surface area contributed by atoms with Gasteiger partial charge >= 0.3 is 0 Å². The Kier molecular flexibility index (Phi) is 4.22. The van der Waals surface area contributed by atoms with Crippen LogP contribution in [0.2, 0.25) is 0 Å². The fourth-order valence-electron chi connectivity index (χ4n) is 3.47. The topological polar surface area (TPSA) is 41.6 Å². The number of benzene rings is 2. The highest BCUT2D eigenvalue weighted by atomic mass is 16.5. The van der Waals surface area contributed by atoms with Gasteiger partial charge in [-0.15, -0.1) is 0 Å². The minimum atomic E-state index is 0.155. The lowest BCUT2D eigenvalue weighted by Crippen LogP contribution is -2.36. The van der Waals surface area contributed by atoms with Gasteiger partial charge < -0.3 is 15.0 Å². The Bertz CT molecular complexity index is 703. The number of amides is 1. The molecule has 2 aliphatic rings. The van der Waals surface area contributed by atoms with Crippen molar-refractivity contribution >= 4 is 11.6 Å². The Balaban J connectivity index is 1.48. The van der Waals surface area contributed by atoms with E-state index in [2.05, 4.69) is 58.7 Å². The third-order valence-corrected chi connectivity index (χ3v) is 4.94. The molecule has 0 aromatic heterocycles. The van der Waals surface area contributed by atoms with Gasteiger partial charge in [0.1, 0.15) is 0 Å². The number of hydrogen-bond donors (Lipinski definition) is 1. The Labute approximate surface area is 142 Å². The molecule has 24 heavy (non-hydrogen) atoms. The van der Waals surface area contributed by atoms with Gasteiger partial charge in [-0.25, -0.2) is 0 Å². The lowest BCUT2D eigenvalue weighted by Gasteiger charge is -2.28. The van der Waals surface area contributed by atoms with Crippen molar-refractivity contribution in [2.75, 3.05) is 37.7 Å². The second-order valence-corrected chi connectivity index (χ2v) is 6.47. The van der Waals surface area contributed by atoms with Gasteiger partial charge in [-0.05, 0) is 28.8 Å². The fourth-order valence-corrected chi connectivity index (χ4v) is 3.47. The van der Waals surface area contributed by atoms with E-state index < -0.39 is 0 Å². The van der Waals surface area contributed by atoms with Gasteiger partial charge in [-0.2, -0.15) is 0 Å². The molecule has 4 rings (SSSR count). The predicted molar refractivity (Wildman–Crippen MR) is 95.3 cm³/mol. The van der Waals surface area contributed by atoms with Crippen LogP contribution >= 0.6 is 0 Å². The molecule has 1 unspecified atom stereocenters. The van der Waals surface area contributed by atoms with E-state index in [0.717, 1.165) is 32.8 Å². The standard InChI is InChI=1S/C20H22N2O2/c23-20-13-18(14-21-20)17-3-1-15(2-4-17)16-5-7-19(8-6-16)22-9-11-24-12-10-22/h1-8,18H,9-14H2,(H,21,23). The molecular weight excluding hydrogens is 300 g/mol. The summed E-state index contributed by atoms with van der Waals surface area (Å²) in [6.45, 7) is 4.29. The number of rotatable bonds is 3. The first-order valence-electron chi connectivity index (χ1n) is 8.59. The molecule has 1 amide bonds. The summed E-state index contributed by atoms with van der Waals surface area (Å²) in [4.78, 5) is 13.7. The van der Waals surface area contributed by atoms with E-state index in [1.165, 1.54) is 22.4 Å². The van der Waals surface area contributed by atoms with Gasteiger partial charge in [0.15, 0.2) is 0 Å². The molecule has 0 spiro atoms. The van der Waals surface area contributed by atoms with Crippen LogP contribution < -0.4 is 10.2 Å². The highest BCUT2D eigenvalue weighted by Crippen LogP contribution is 2.28. The maximum absolute atomic E-state index is 11.4. The average molecular weight is 322 g/mol. The molecule has 0 radical (unpaired) electrons. The molecule has 1 atom stereocenters. The molecule has 0 bridgehead atoms. The van der Waals surface area contributed by atoms with Gasteiger partial charge in [0.05, 0.1) is 13.2 Å². The molecule has 4 nitrogen and oxygen atoms in total. The lowest BCUT2D eigenvalue weighted by molar-refractivity contribution is -0.119. The van der Waals surface area contributed by atoms with Gasteiger partial charge in [-0.1, -0.05) is 36.4 Å². The summed E-state index contributed by atoms with van der Waals surface area (Å²) in [6.07, 6.45) is 0.605. The Morgan fingerprint density at radius 3 is 2.12 bits per heavy atom. The van der Waals surface area contributed by atoms with Gasteiger partial charge in [-0.3, -0.25) is 4.79 Å². The van der Waals surface area contributed by atoms with Crippen LogP contribution in [0.15, 0.2) is 48.5 Å². The molecule has 2 aromatic rings. The maximum Gasteiger partial charge on any atom is 0.220 e. The summed E-state index contributed by atoms with van der Waals surface area (Å²) in [5.41, 5.74) is 4.93. The van der Waals surface area contributed by atoms with Crippen LogP contribution in [0.4, 0.5) is 5.69 Å². The molecule has 4 heteroatoms. The first-order chi connectivity index (χ1) is 11.8. The van der Waals surface area contributed by atoms with Crippen molar-refractivity contribution in [3.8, 4) is 11.1 Å². The monoisotopic (exact) mass is 322 g/mol. The molecule has 2 heterocycles. The summed E-state index contributed by atoms with van der Waals surface area (Å²) in [7, 11) is 0. The Morgan fingerprint density at radius 1 is 0.917 bits per heavy atom. The van der Waals surface area contributed by atoms with E-state index in [1.807, 2.05) is 0 Å². The molecule has 1 N–H and O–H groups in total. The predicted octanol–water partition coefficient (Wildman–Crippen LogP) is 2.79. The van der Waals surface area contributed by atoms with Crippen molar-refractivity contribution in [1.29, 1.82) is 0 Å². The van der Waals surface area contributed by atoms with Gasteiger partial charge in [0, 0.05) is 37.7 Å². The SMILES string of the molecule is O=C1CC(c2ccc(-c3ccc(N4CCOCC4)cc3)cc2)CN1. The number of ether oxygens (including phenoxy) is 1. The van der Waals surface area contributed by atoms with Crippen LogP contribution in [0.1, 0.15) is 17.9 Å². The van der Waals surface area contributed by atoms with Crippen molar-refractivity contribution in [1.82, 2.24) is 5.32 Å². The van der Waals surface area contributed by atoms with Crippen molar-refractivity contribution in [3.63, 3.8) is 0 Å². The summed E-state index contributed by atoms with van der Waals surface area (Å²) in [5.74, 6) is 0.470. The molecular formula is C20H22N2O2. The maximum atomic E-state index is 11.4. The smallest absolute Gasteiger partial charge is 0.220 e. The third-order valence-electron chi connectivity index (χ3n) is 4.94. The highest BCUT2D eigenvalue weighted by Gasteiger charge is 2.22. The second kappa shape index (κ2) is 6.65. The summed E-state index contributed by atoms with van der Waals surface area (Å²) >= 11 is 0. The van der Waals surface area contributed by atoms with Crippen LogP contribution in [0.5, 0.6) is 0 Å². The van der Waals surface area contributed by atoms with Crippen molar-refractivity contribution < 1.29 is 9.53 Å². The normalized spacial score (nSPS) is 20.9. The number of carbonyl (C=O) groups excluding carboxylic acids is 1. The quantitative estimate of drug-likeness (QED) is 0.945. The molecule has 2 aliphatic heterocycles. The first-order valence-corrected chi connectivity index (χ1v) is 8.59. The summed E-state index contributed by atoms with van der Waals surface area (Å²) in [5, 5.41) is 2.90. The second-order valence-electron chi connectivity index (χ2n) is 6.47. The molecule has 124 valence electrons. The van der Waals surface area contributed by atoms with Crippen LogP contribution in [0.3, 0.4) is 0 Å². The largest absolute Gasteiger partial charge is 0.378 e. The zero-order chi connectivity index (χ0) is 16.4. The van der Waals surface area contributed by atoms with Gasteiger partial charge in [0.2, 0.25) is 5.91 Å². The zero-order valence-corrected chi connectivity index (χ0v) is 13.7. The molecule has 0 aliphatic carbocycles. The van der Waals surface area contributed by atoms with E-state index in [0.29, 0.717) is 12.3 Å². The minimum Gasteiger partial charge on any atom is -0.378 e. The van der Waals surface area contributed by atoms with Crippen LogP contribution in [-0.4, -0.2) is 38.8 Å². The number of morpholine rings is 1. The van der Waals surface area contributed by atoms with E-state index in [9.17, 15) is 4.79 Å². The summed E-state index contributed by atoms with van der Waals surface area (Å²) in [6, 6.07) is 17.3. The van der Waals surface area contributed by atoms with Crippen LogP contribution in [0.25, 0.3) is 11.1 Å². The fraction of sp³-hybridized carbons (Fsp3) is 0.350. The summed E-state index contributed by atoms with van der Waals surface area (Å²) < 4.78 is 5.41. The number of nitrogens with one attached hydrogen (secondary N) is 1. The van der Waals surface area contributed by atoms with E-state index in [4.69, 9.17) is 4.74 Å². The van der Waals surface area contributed by atoms with E-state index in [-0.39, 0.29) is 5.91 Å². The third kappa shape index (κ3) is 3.15. The van der Waals surface area contributed by atoms with E-state index >= 15 is 0 Å². The number of hydrogen-bond acceptors (Lipinski definition) is 3. The lowest BCUT2D eigenvalue weighted by atomic mass is 9.95. The van der Waals surface area contributed by atoms with E-state index in [1.54, 1.807) is 0 Å². The van der Waals surface area contributed by atoms with Crippen molar-refractivity contribution in [2.45, 2.75) is 12.3 Å². The Hall–Kier alpha value is -2.33. The zero-order valence-electron chi connectivity index (χ0n) is 13.7. The average Bonchev–Trinajstić information content (AvgIpc) is 3.09. The molecule has 2 saturated heterocycles. The number of nitrogens with zero attached hydrogens (tertiary/aromatic N) is 1. The highest BCUT2D eigenvalue weighted by molar-refractivity contribution is 5.79. The molecule has 2 fully saturated rings. The molecule has 2 aromatic carbocycles. The van der Waals surface area contributed by atoms with Crippen molar-refractivity contribution in [2.24, 2.45) is 0 Å². The van der Waals surface area contributed by atoms with Gasteiger partial charge in [0.25, 0.3) is 0 Å². The Morgan fingerprint density at radius 2 is 1.54 bits per heavy atom. The van der Waals surface area contributed by atoms with Crippen molar-refractivity contribution in [3.05, 3.63) is 54.1 Å². The van der Waals surface area contributed by atoms with Crippen LogP contribution in [-0.2, 0) is 9.53 Å². The first kappa shape index (κ1) is 15.2.